The van der Waals surface area contributed by atoms with Gasteiger partial charge in [0.15, 0.2) is 11.8 Å². The molecular weight excluding hydrogens is 256 g/mol. The summed E-state index contributed by atoms with van der Waals surface area (Å²) in [5.41, 5.74) is 0. The van der Waals surface area contributed by atoms with Crippen LogP contribution < -0.4 is 10.6 Å². The topological polar surface area (TPSA) is 76.4 Å². The van der Waals surface area contributed by atoms with E-state index in [4.69, 9.17) is 4.74 Å². The molecule has 1 aromatic rings. The standard InChI is InChI=1S/C13H22N6O/c1-3-19-8-16-18-12(19)7-15-13(14-2)17-10-6-9-4-5-11(10)20-9/h8-11H,3-7H2,1-2H3,(H2,14,15,17). The van der Waals surface area contributed by atoms with Crippen LogP contribution in [0.2, 0.25) is 0 Å². The zero-order chi connectivity index (χ0) is 13.9. The number of fused-ring (bicyclic) bond motifs is 2. The molecule has 0 aromatic carbocycles. The molecule has 2 saturated heterocycles. The minimum atomic E-state index is 0.345. The van der Waals surface area contributed by atoms with Crippen molar-refractivity contribution in [3.8, 4) is 0 Å². The molecule has 2 aliphatic rings. The van der Waals surface area contributed by atoms with E-state index in [0.717, 1.165) is 31.2 Å². The second-order valence-corrected chi connectivity index (χ2v) is 5.32. The van der Waals surface area contributed by atoms with Crippen LogP contribution in [0.15, 0.2) is 11.3 Å². The Balaban J connectivity index is 1.53. The fourth-order valence-corrected chi connectivity index (χ4v) is 3.00. The van der Waals surface area contributed by atoms with E-state index in [0.29, 0.717) is 24.8 Å². The Kier molecular flexibility index (Phi) is 3.86. The molecule has 0 radical (unpaired) electrons. The van der Waals surface area contributed by atoms with Crippen LogP contribution in [0.1, 0.15) is 32.0 Å². The van der Waals surface area contributed by atoms with E-state index in [1.54, 1.807) is 13.4 Å². The maximum absolute atomic E-state index is 5.85. The van der Waals surface area contributed by atoms with E-state index < -0.39 is 0 Å². The highest BCUT2D eigenvalue weighted by Crippen LogP contribution is 2.34. The fraction of sp³-hybridized carbons (Fsp3) is 0.769. The van der Waals surface area contributed by atoms with Crippen molar-refractivity contribution in [2.75, 3.05) is 7.05 Å². The number of ether oxygens (including phenoxy) is 1. The molecule has 3 rings (SSSR count). The summed E-state index contributed by atoms with van der Waals surface area (Å²) in [5.74, 6) is 1.72. The Bertz CT molecular complexity index is 485. The number of guanidine groups is 1. The van der Waals surface area contributed by atoms with Crippen LogP contribution in [0, 0.1) is 0 Å². The van der Waals surface area contributed by atoms with E-state index >= 15 is 0 Å². The predicted molar refractivity (Wildman–Crippen MR) is 75.3 cm³/mol. The second-order valence-electron chi connectivity index (χ2n) is 5.32. The molecule has 2 bridgehead atoms. The third kappa shape index (κ3) is 2.63. The van der Waals surface area contributed by atoms with Crippen molar-refractivity contribution < 1.29 is 4.74 Å². The van der Waals surface area contributed by atoms with E-state index in [1.165, 1.54) is 6.42 Å². The van der Waals surface area contributed by atoms with Gasteiger partial charge in [-0.15, -0.1) is 10.2 Å². The quantitative estimate of drug-likeness (QED) is 0.611. The summed E-state index contributed by atoms with van der Waals surface area (Å²) in [6, 6.07) is 0.379. The number of aromatic nitrogens is 3. The van der Waals surface area contributed by atoms with Gasteiger partial charge < -0.3 is 19.9 Å². The molecule has 110 valence electrons. The molecule has 2 fully saturated rings. The van der Waals surface area contributed by atoms with Crippen molar-refractivity contribution in [1.29, 1.82) is 0 Å². The van der Waals surface area contributed by atoms with Crippen LogP contribution in [-0.4, -0.2) is 46.0 Å². The lowest BCUT2D eigenvalue weighted by atomic mass is 9.96. The van der Waals surface area contributed by atoms with Gasteiger partial charge in [-0.05, 0) is 26.2 Å². The van der Waals surface area contributed by atoms with Gasteiger partial charge in [0.2, 0.25) is 0 Å². The maximum Gasteiger partial charge on any atom is 0.191 e. The van der Waals surface area contributed by atoms with Gasteiger partial charge in [0.05, 0.1) is 24.8 Å². The van der Waals surface area contributed by atoms with Gasteiger partial charge in [0.25, 0.3) is 0 Å². The summed E-state index contributed by atoms with van der Waals surface area (Å²) in [6.07, 6.45) is 5.97. The predicted octanol–water partition coefficient (Wildman–Crippen LogP) is 0.283. The van der Waals surface area contributed by atoms with E-state index in [1.807, 2.05) is 4.57 Å². The number of aryl methyl sites for hydroxylation is 1. The van der Waals surface area contributed by atoms with Crippen LogP contribution in [0.4, 0.5) is 0 Å². The molecule has 3 heterocycles. The summed E-state index contributed by atoms with van der Waals surface area (Å²) < 4.78 is 7.86. The lowest BCUT2D eigenvalue weighted by Gasteiger charge is -2.22. The SMILES string of the molecule is CCn1cnnc1CNC(=NC)NC1CC2CCC1O2. The summed E-state index contributed by atoms with van der Waals surface area (Å²) in [4.78, 5) is 4.27. The number of nitrogens with zero attached hydrogens (tertiary/aromatic N) is 4. The van der Waals surface area contributed by atoms with Crippen LogP contribution in [0.5, 0.6) is 0 Å². The van der Waals surface area contributed by atoms with Crippen molar-refractivity contribution in [1.82, 2.24) is 25.4 Å². The molecule has 7 heteroatoms. The molecular formula is C13H22N6O. The van der Waals surface area contributed by atoms with Crippen molar-refractivity contribution in [2.45, 2.75) is 57.5 Å². The van der Waals surface area contributed by atoms with Gasteiger partial charge in [0.1, 0.15) is 6.33 Å². The normalized spacial score (nSPS) is 28.9. The van der Waals surface area contributed by atoms with E-state index in [-0.39, 0.29) is 0 Å². The summed E-state index contributed by atoms with van der Waals surface area (Å²) >= 11 is 0. The van der Waals surface area contributed by atoms with Gasteiger partial charge in [-0.1, -0.05) is 0 Å². The highest BCUT2D eigenvalue weighted by Gasteiger charge is 2.41. The molecule has 2 aliphatic heterocycles. The van der Waals surface area contributed by atoms with Crippen molar-refractivity contribution in [2.24, 2.45) is 4.99 Å². The van der Waals surface area contributed by atoms with Crippen molar-refractivity contribution in [3.05, 3.63) is 12.2 Å². The minimum absolute atomic E-state index is 0.345. The third-order valence-electron chi connectivity index (χ3n) is 4.10. The van der Waals surface area contributed by atoms with Gasteiger partial charge in [-0.2, -0.15) is 0 Å². The first-order chi connectivity index (χ1) is 9.80. The molecule has 20 heavy (non-hydrogen) atoms. The number of nitrogens with one attached hydrogen (secondary N) is 2. The van der Waals surface area contributed by atoms with E-state index in [2.05, 4.69) is 32.7 Å². The Morgan fingerprint density at radius 1 is 1.55 bits per heavy atom. The van der Waals surface area contributed by atoms with Crippen molar-refractivity contribution in [3.63, 3.8) is 0 Å². The molecule has 0 aliphatic carbocycles. The first kappa shape index (κ1) is 13.4. The number of aliphatic imine (C=N–C) groups is 1. The molecule has 3 unspecified atom stereocenters. The molecule has 0 amide bonds. The lowest BCUT2D eigenvalue weighted by Crippen LogP contribution is -2.47. The Morgan fingerprint density at radius 3 is 3.10 bits per heavy atom. The van der Waals surface area contributed by atoms with Gasteiger partial charge >= 0.3 is 0 Å². The lowest BCUT2D eigenvalue weighted by molar-refractivity contribution is 0.0992. The number of rotatable bonds is 4. The Morgan fingerprint density at radius 2 is 2.45 bits per heavy atom. The fourth-order valence-electron chi connectivity index (χ4n) is 3.00. The Labute approximate surface area is 118 Å². The smallest absolute Gasteiger partial charge is 0.191 e. The van der Waals surface area contributed by atoms with Gasteiger partial charge in [-0.3, -0.25) is 4.99 Å². The molecule has 0 saturated carbocycles. The average Bonchev–Trinajstić information content (AvgIpc) is 3.18. The highest BCUT2D eigenvalue weighted by molar-refractivity contribution is 5.80. The highest BCUT2D eigenvalue weighted by atomic mass is 16.5. The first-order valence-electron chi connectivity index (χ1n) is 7.29. The zero-order valence-corrected chi connectivity index (χ0v) is 12.0. The van der Waals surface area contributed by atoms with Crippen LogP contribution in [0.25, 0.3) is 0 Å². The molecule has 0 spiro atoms. The monoisotopic (exact) mass is 278 g/mol. The summed E-state index contributed by atoms with van der Waals surface area (Å²) in [5, 5.41) is 14.8. The van der Waals surface area contributed by atoms with Crippen LogP contribution in [-0.2, 0) is 17.8 Å². The number of hydrogen-bond acceptors (Lipinski definition) is 4. The molecule has 1 aromatic heterocycles. The molecule has 2 N–H and O–H groups in total. The van der Waals surface area contributed by atoms with Crippen LogP contribution >= 0.6 is 0 Å². The largest absolute Gasteiger partial charge is 0.373 e. The molecule has 3 atom stereocenters. The first-order valence-corrected chi connectivity index (χ1v) is 7.29. The van der Waals surface area contributed by atoms with Crippen molar-refractivity contribution >= 4 is 5.96 Å². The molecule has 7 nitrogen and oxygen atoms in total. The van der Waals surface area contributed by atoms with E-state index in [9.17, 15) is 0 Å². The average molecular weight is 278 g/mol. The maximum atomic E-state index is 5.85. The minimum Gasteiger partial charge on any atom is -0.373 e. The zero-order valence-electron chi connectivity index (χ0n) is 12.0. The van der Waals surface area contributed by atoms with Crippen LogP contribution in [0.3, 0.4) is 0 Å². The summed E-state index contributed by atoms with van der Waals surface area (Å²) in [7, 11) is 1.79. The third-order valence-corrected chi connectivity index (χ3v) is 4.10. The summed E-state index contributed by atoms with van der Waals surface area (Å²) in [6.45, 7) is 3.57. The van der Waals surface area contributed by atoms with Gasteiger partial charge in [0, 0.05) is 13.6 Å². The number of hydrogen-bond donors (Lipinski definition) is 2. The Hall–Kier alpha value is -1.63. The van der Waals surface area contributed by atoms with Gasteiger partial charge in [-0.25, -0.2) is 0 Å². The second kappa shape index (κ2) is 5.78.